The Morgan fingerprint density at radius 3 is 2.69 bits per heavy atom. The molecule has 3 aromatic rings. The van der Waals surface area contributed by atoms with E-state index in [1.165, 1.54) is 11.5 Å². The number of piperidine rings is 1. The molecule has 1 fully saturated rings. The number of likely N-dealkylation sites (tertiary alicyclic amines) is 1. The molecule has 4 rings (SSSR count). The maximum Gasteiger partial charge on any atom is 0.407 e. The number of rotatable bonds is 9. The van der Waals surface area contributed by atoms with Gasteiger partial charge in [-0.3, -0.25) is 4.90 Å². The van der Waals surface area contributed by atoms with E-state index in [2.05, 4.69) is 35.7 Å². The summed E-state index contributed by atoms with van der Waals surface area (Å²) in [5.41, 5.74) is 3.91. The van der Waals surface area contributed by atoms with Gasteiger partial charge in [0, 0.05) is 41.7 Å². The summed E-state index contributed by atoms with van der Waals surface area (Å²) < 4.78 is 21.4. The third kappa shape index (κ3) is 6.71. The van der Waals surface area contributed by atoms with Crippen molar-refractivity contribution in [3.63, 3.8) is 0 Å². The molecular weight excluding hydrogens is 532 g/mol. The number of nitrogens with one attached hydrogen (secondary N) is 1. The van der Waals surface area contributed by atoms with Crippen LogP contribution in [-0.2, 0) is 17.8 Å². The van der Waals surface area contributed by atoms with Crippen LogP contribution in [0.1, 0.15) is 30.4 Å². The van der Waals surface area contributed by atoms with Crippen LogP contribution < -0.4 is 14.8 Å². The number of methoxy groups -OCH3 is 2. The highest BCUT2D eigenvalue weighted by molar-refractivity contribution is 9.10. The number of amides is 1. The van der Waals surface area contributed by atoms with Crippen LogP contribution >= 0.6 is 27.5 Å². The van der Waals surface area contributed by atoms with Crippen molar-refractivity contribution in [2.45, 2.75) is 38.4 Å². The number of hydrogen-bond acceptors (Lipinski definition) is 8. The number of halogens is 1. The fourth-order valence-electron chi connectivity index (χ4n) is 4.20. The van der Waals surface area contributed by atoms with Gasteiger partial charge in [-0.25, -0.2) is 4.79 Å². The second kappa shape index (κ2) is 12.3. The molecule has 0 aliphatic carbocycles. The first kappa shape index (κ1) is 25.4. The molecule has 2 heterocycles. The van der Waals surface area contributed by atoms with Gasteiger partial charge in [0.1, 0.15) is 23.8 Å². The summed E-state index contributed by atoms with van der Waals surface area (Å²) in [6.07, 6.45) is 2.82. The molecule has 1 unspecified atom stereocenters. The summed E-state index contributed by atoms with van der Waals surface area (Å²) in [5, 5.41) is 8.83. The van der Waals surface area contributed by atoms with Crippen LogP contribution in [0.5, 0.6) is 11.5 Å². The predicted octanol–water partition coefficient (Wildman–Crippen LogP) is 5.27. The van der Waals surface area contributed by atoms with Crippen molar-refractivity contribution in [2.75, 3.05) is 27.4 Å². The number of carbonyl (C=O) groups excluding carboxylic acids is 1. The van der Waals surface area contributed by atoms with E-state index in [0.29, 0.717) is 19.7 Å². The fourth-order valence-corrected chi connectivity index (χ4v) is 5.22. The summed E-state index contributed by atoms with van der Waals surface area (Å²) >= 11 is 4.89. The highest BCUT2D eigenvalue weighted by Gasteiger charge is 2.25. The molecule has 8 nitrogen and oxygen atoms in total. The quantitative estimate of drug-likeness (QED) is 0.381. The van der Waals surface area contributed by atoms with Gasteiger partial charge in [-0.15, -0.1) is 5.10 Å². The third-order valence-corrected chi connectivity index (χ3v) is 7.26. The minimum Gasteiger partial charge on any atom is -0.496 e. The van der Waals surface area contributed by atoms with E-state index in [0.717, 1.165) is 64.2 Å². The van der Waals surface area contributed by atoms with E-state index < -0.39 is 6.09 Å². The van der Waals surface area contributed by atoms with Gasteiger partial charge in [-0.05, 0) is 58.5 Å². The van der Waals surface area contributed by atoms with Crippen molar-refractivity contribution in [3.8, 4) is 22.8 Å². The molecule has 35 heavy (non-hydrogen) atoms. The van der Waals surface area contributed by atoms with Gasteiger partial charge in [0.25, 0.3) is 0 Å². The maximum atomic E-state index is 12.4. The van der Waals surface area contributed by atoms with Crippen molar-refractivity contribution in [3.05, 3.63) is 57.4 Å². The standard InChI is InChI=1S/C25H29BrN4O4S/c1-32-23-12-24(33-2)21(26)11-19(23)14-30-10-4-3-5-20(30)15-34-25(31)27-13-17-6-8-18(9-7-17)22-16-35-29-28-22/h6-9,11-12,16,20H,3-5,10,13-15H2,1-2H3,(H,27,31). The summed E-state index contributed by atoms with van der Waals surface area (Å²) in [4.78, 5) is 14.7. The molecule has 0 bridgehead atoms. The van der Waals surface area contributed by atoms with Crippen LogP contribution in [0.3, 0.4) is 0 Å². The maximum absolute atomic E-state index is 12.4. The van der Waals surface area contributed by atoms with E-state index in [1.54, 1.807) is 14.2 Å². The highest BCUT2D eigenvalue weighted by Crippen LogP contribution is 2.34. The predicted molar refractivity (Wildman–Crippen MR) is 139 cm³/mol. The third-order valence-electron chi connectivity index (χ3n) is 6.13. The number of alkyl carbamates (subject to hydrolysis) is 1. The zero-order valence-electron chi connectivity index (χ0n) is 19.8. The fraction of sp³-hybridized carbons (Fsp3) is 0.400. The first-order valence-electron chi connectivity index (χ1n) is 11.5. The number of hydrogen-bond donors (Lipinski definition) is 1. The van der Waals surface area contributed by atoms with E-state index in [4.69, 9.17) is 14.2 Å². The van der Waals surface area contributed by atoms with Gasteiger partial charge in [-0.1, -0.05) is 35.2 Å². The number of nitrogens with zero attached hydrogens (tertiary/aromatic N) is 3. The second-order valence-corrected chi connectivity index (χ2v) is 9.82. The Kier molecular flexibility index (Phi) is 8.95. The van der Waals surface area contributed by atoms with Crippen molar-refractivity contribution < 1.29 is 19.0 Å². The average Bonchev–Trinajstić information content (AvgIpc) is 3.42. The van der Waals surface area contributed by atoms with Gasteiger partial charge in [0.05, 0.1) is 18.7 Å². The zero-order valence-corrected chi connectivity index (χ0v) is 22.2. The normalized spacial score (nSPS) is 16.0. The molecule has 1 amide bonds. The molecule has 1 aromatic heterocycles. The molecule has 1 aliphatic rings. The van der Waals surface area contributed by atoms with Gasteiger partial charge < -0.3 is 19.5 Å². The number of benzene rings is 2. The minimum atomic E-state index is -0.409. The Bertz CT molecular complexity index is 1110. The second-order valence-electron chi connectivity index (χ2n) is 8.36. The molecule has 0 spiro atoms. The first-order chi connectivity index (χ1) is 17.1. The average molecular weight is 562 g/mol. The van der Waals surface area contributed by atoms with E-state index in [1.807, 2.05) is 41.8 Å². The van der Waals surface area contributed by atoms with Crippen molar-refractivity contribution in [1.82, 2.24) is 19.8 Å². The first-order valence-corrected chi connectivity index (χ1v) is 13.1. The van der Waals surface area contributed by atoms with Crippen LogP contribution in [-0.4, -0.2) is 54.0 Å². The van der Waals surface area contributed by atoms with Gasteiger partial charge in [0.2, 0.25) is 0 Å². The van der Waals surface area contributed by atoms with Crippen molar-refractivity contribution in [2.24, 2.45) is 0 Å². The SMILES string of the molecule is COc1cc(OC)c(CN2CCCCC2COC(=O)NCc2ccc(-c3csnn3)cc2)cc1Br. The Morgan fingerprint density at radius 1 is 1.17 bits per heavy atom. The molecule has 0 radical (unpaired) electrons. The summed E-state index contributed by atoms with van der Waals surface area (Å²) in [7, 11) is 3.30. The molecule has 1 saturated heterocycles. The van der Waals surface area contributed by atoms with Crippen LogP contribution in [0.4, 0.5) is 4.79 Å². The van der Waals surface area contributed by atoms with Crippen molar-refractivity contribution in [1.29, 1.82) is 0 Å². The van der Waals surface area contributed by atoms with E-state index >= 15 is 0 Å². The molecule has 1 N–H and O–H groups in total. The lowest BCUT2D eigenvalue weighted by Crippen LogP contribution is -2.43. The minimum absolute atomic E-state index is 0.158. The Labute approximate surface area is 217 Å². The Morgan fingerprint density at radius 2 is 1.97 bits per heavy atom. The number of ether oxygens (including phenoxy) is 3. The summed E-state index contributed by atoms with van der Waals surface area (Å²) in [5.74, 6) is 1.51. The Hall–Kier alpha value is -2.69. The van der Waals surface area contributed by atoms with Crippen molar-refractivity contribution >= 4 is 33.6 Å². The number of aromatic nitrogens is 2. The van der Waals surface area contributed by atoms with Crippen LogP contribution in [0.15, 0.2) is 46.3 Å². The van der Waals surface area contributed by atoms with E-state index in [-0.39, 0.29) is 6.04 Å². The van der Waals surface area contributed by atoms with Gasteiger partial charge >= 0.3 is 6.09 Å². The molecule has 10 heteroatoms. The molecule has 186 valence electrons. The lowest BCUT2D eigenvalue weighted by atomic mass is 10.0. The largest absolute Gasteiger partial charge is 0.496 e. The monoisotopic (exact) mass is 560 g/mol. The molecule has 2 aromatic carbocycles. The summed E-state index contributed by atoms with van der Waals surface area (Å²) in [6.45, 7) is 2.41. The molecule has 0 saturated carbocycles. The number of carbonyl (C=O) groups is 1. The molecule has 1 atom stereocenters. The van der Waals surface area contributed by atoms with Crippen LogP contribution in [0, 0.1) is 0 Å². The molecule has 1 aliphatic heterocycles. The van der Waals surface area contributed by atoms with E-state index in [9.17, 15) is 4.79 Å². The van der Waals surface area contributed by atoms with Crippen LogP contribution in [0.2, 0.25) is 0 Å². The lowest BCUT2D eigenvalue weighted by Gasteiger charge is -2.35. The Balaban J connectivity index is 1.29. The zero-order chi connectivity index (χ0) is 24.6. The highest BCUT2D eigenvalue weighted by atomic mass is 79.9. The van der Waals surface area contributed by atoms with Gasteiger partial charge in [0.15, 0.2) is 0 Å². The van der Waals surface area contributed by atoms with Gasteiger partial charge in [-0.2, -0.15) is 0 Å². The smallest absolute Gasteiger partial charge is 0.407 e. The summed E-state index contributed by atoms with van der Waals surface area (Å²) in [6, 6.07) is 12.0. The van der Waals surface area contributed by atoms with Crippen LogP contribution in [0.25, 0.3) is 11.3 Å². The topological polar surface area (TPSA) is 85.8 Å². The molecular formula is C25H29BrN4O4S. The lowest BCUT2D eigenvalue weighted by molar-refractivity contribution is 0.0633.